The maximum atomic E-state index is 11.6. The molecule has 6 heteroatoms. The largest absolute Gasteiger partial charge is 0.238 e. The minimum Gasteiger partial charge on any atom is -0.238 e. The van der Waals surface area contributed by atoms with Gasteiger partial charge in [0.25, 0.3) is 0 Å². The van der Waals surface area contributed by atoms with Gasteiger partial charge in [-0.05, 0) is 50.5 Å². The van der Waals surface area contributed by atoms with Crippen molar-refractivity contribution < 1.29 is 8.42 Å². The van der Waals surface area contributed by atoms with Crippen LogP contribution >= 0.6 is 0 Å². The molecule has 2 aromatic rings. The summed E-state index contributed by atoms with van der Waals surface area (Å²) in [7, 11) is -3.12. The molecule has 0 aliphatic rings. The molecule has 120 valence electrons. The van der Waals surface area contributed by atoms with Gasteiger partial charge in [-0.2, -0.15) is 5.10 Å². The number of hydrogen-bond acceptors (Lipinski definition) is 3. The molecule has 0 atom stereocenters. The predicted octanol–water partition coefficient (Wildman–Crippen LogP) is 2.36. The van der Waals surface area contributed by atoms with Crippen LogP contribution in [0.25, 0.3) is 5.69 Å². The maximum Gasteiger partial charge on any atom is 0.211 e. The summed E-state index contributed by atoms with van der Waals surface area (Å²) >= 11 is 0. The first-order valence-corrected chi connectivity index (χ1v) is 9.16. The third-order valence-corrected chi connectivity index (χ3v) is 4.99. The minimum absolute atomic E-state index is 0.184. The van der Waals surface area contributed by atoms with Crippen LogP contribution in [-0.2, 0) is 16.4 Å². The summed E-state index contributed by atoms with van der Waals surface area (Å²) in [6, 6.07) is 10.1. The lowest BCUT2D eigenvalue weighted by molar-refractivity contribution is 0.580. The molecule has 0 aliphatic heterocycles. The number of rotatable bonds is 7. The van der Waals surface area contributed by atoms with E-state index in [0.29, 0.717) is 19.4 Å². The Bertz CT molecular complexity index is 718. The number of sulfonamides is 1. The molecule has 0 unspecified atom stereocenters. The van der Waals surface area contributed by atoms with Crippen molar-refractivity contribution in [3.05, 3.63) is 47.3 Å². The van der Waals surface area contributed by atoms with E-state index in [4.69, 9.17) is 0 Å². The first kappa shape index (κ1) is 16.7. The van der Waals surface area contributed by atoms with E-state index < -0.39 is 10.0 Å². The molecule has 22 heavy (non-hydrogen) atoms. The molecule has 0 amide bonds. The van der Waals surface area contributed by atoms with Crippen LogP contribution in [0, 0.1) is 13.8 Å². The molecule has 1 aromatic heterocycles. The molecule has 1 heterocycles. The Morgan fingerprint density at radius 3 is 2.41 bits per heavy atom. The van der Waals surface area contributed by atoms with E-state index in [1.54, 1.807) is 0 Å². The summed E-state index contributed by atoms with van der Waals surface area (Å²) in [5.41, 5.74) is 4.20. The topological polar surface area (TPSA) is 64.0 Å². The lowest BCUT2D eigenvalue weighted by Gasteiger charge is -2.07. The molecular weight excluding hydrogens is 298 g/mol. The van der Waals surface area contributed by atoms with Crippen molar-refractivity contribution in [1.29, 1.82) is 0 Å². The van der Waals surface area contributed by atoms with Gasteiger partial charge >= 0.3 is 0 Å². The van der Waals surface area contributed by atoms with Crippen molar-refractivity contribution in [2.75, 3.05) is 12.3 Å². The van der Waals surface area contributed by atoms with Gasteiger partial charge in [-0.3, -0.25) is 0 Å². The first-order valence-electron chi connectivity index (χ1n) is 7.51. The Morgan fingerprint density at radius 2 is 1.86 bits per heavy atom. The fourth-order valence-electron chi connectivity index (χ4n) is 2.39. The fourth-order valence-corrected chi connectivity index (χ4v) is 3.48. The number of aromatic nitrogens is 2. The van der Waals surface area contributed by atoms with Crippen LogP contribution in [-0.4, -0.2) is 30.5 Å². The molecule has 0 saturated heterocycles. The SMILES string of the molecule is CCCS(=O)(=O)NCCc1ccc(-n2nc(C)cc2C)cc1. The summed E-state index contributed by atoms with van der Waals surface area (Å²) in [4.78, 5) is 0. The summed E-state index contributed by atoms with van der Waals surface area (Å²) in [6.45, 7) is 6.29. The maximum absolute atomic E-state index is 11.6. The lowest BCUT2D eigenvalue weighted by Crippen LogP contribution is -2.28. The molecule has 0 radical (unpaired) electrons. The molecule has 1 N–H and O–H groups in total. The van der Waals surface area contributed by atoms with E-state index in [-0.39, 0.29) is 5.75 Å². The van der Waals surface area contributed by atoms with Crippen LogP contribution < -0.4 is 4.72 Å². The van der Waals surface area contributed by atoms with E-state index in [1.165, 1.54) is 0 Å². The van der Waals surface area contributed by atoms with Gasteiger partial charge in [0.15, 0.2) is 0 Å². The van der Waals surface area contributed by atoms with E-state index in [1.807, 2.05) is 55.8 Å². The fraction of sp³-hybridized carbons (Fsp3) is 0.438. The van der Waals surface area contributed by atoms with Gasteiger partial charge in [0.2, 0.25) is 10.0 Å². The monoisotopic (exact) mass is 321 g/mol. The molecule has 0 aliphatic carbocycles. The van der Waals surface area contributed by atoms with Gasteiger partial charge in [0.1, 0.15) is 0 Å². The number of aryl methyl sites for hydroxylation is 2. The molecule has 0 saturated carbocycles. The molecule has 0 spiro atoms. The van der Waals surface area contributed by atoms with Crippen LogP contribution in [0.3, 0.4) is 0 Å². The zero-order valence-electron chi connectivity index (χ0n) is 13.3. The van der Waals surface area contributed by atoms with Crippen LogP contribution in [0.1, 0.15) is 30.3 Å². The summed E-state index contributed by atoms with van der Waals surface area (Å²) < 4.78 is 27.7. The zero-order chi connectivity index (χ0) is 16.2. The normalized spacial score (nSPS) is 11.8. The van der Waals surface area contributed by atoms with E-state index in [9.17, 15) is 8.42 Å². The van der Waals surface area contributed by atoms with Crippen LogP contribution in [0.5, 0.6) is 0 Å². The highest BCUT2D eigenvalue weighted by Gasteiger charge is 2.07. The van der Waals surface area contributed by atoms with Gasteiger partial charge < -0.3 is 0 Å². The molecule has 0 fully saturated rings. The smallest absolute Gasteiger partial charge is 0.211 e. The van der Waals surface area contributed by atoms with Crippen molar-refractivity contribution in [2.24, 2.45) is 0 Å². The molecular formula is C16H23N3O2S. The Morgan fingerprint density at radius 1 is 1.18 bits per heavy atom. The van der Waals surface area contributed by atoms with Gasteiger partial charge in [0.05, 0.1) is 17.1 Å². The average molecular weight is 321 g/mol. The third kappa shape index (κ3) is 4.42. The highest BCUT2D eigenvalue weighted by Crippen LogP contribution is 2.13. The molecule has 2 rings (SSSR count). The zero-order valence-corrected chi connectivity index (χ0v) is 14.2. The Hall–Kier alpha value is -1.66. The van der Waals surface area contributed by atoms with Crippen molar-refractivity contribution in [1.82, 2.24) is 14.5 Å². The predicted molar refractivity (Wildman–Crippen MR) is 88.8 cm³/mol. The Kier molecular flexibility index (Phi) is 5.37. The van der Waals surface area contributed by atoms with Gasteiger partial charge in [-0.25, -0.2) is 17.8 Å². The van der Waals surface area contributed by atoms with E-state index in [2.05, 4.69) is 9.82 Å². The molecule has 1 aromatic carbocycles. The quantitative estimate of drug-likeness (QED) is 0.851. The van der Waals surface area contributed by atoms with Crippen LogP contribution in [0.4, 0.5) is 0 Å². The first-order chi connectivity index (χ1) is 10.4. The highest BCUT2D eigenvalue weighted by atomic mass is 32.2. The van der Waals surface area contributed by atoms with Gasteiger partial charge in [-0.15, -0.1) is 0 Å². The second kappa shape index (κ2) is 7.07. The minimum atomic E-state index is -3.12. The molecule has 0 bridgehead atoms. The number of benzene rings is 1. The second-order valence-electron chi connectivity index (χ2n) is 5.47. The van der Waals surface area contributed by atoms with Gasteiger partial charge in [-0.1, -0.05) is 19.1 Å². The Labute approximate surface area is 132 Å². The lowest BCUT2D eigenvalue weighted by atomic mass is 10.1. The third-order valence-electron chi connectivity index (χ3n) is 3.40. The standard InChI is InChI=1S/C16H23N3O2S/c1-4-11-22(20,21)17-10-9-15-5-7-16(8-6-15)19-14(3)12-13(2)18-19/h5-8,12,17H,4,9-11H2,1-3H3. The Balaban J connectivity index is 1.97. The van der Waals surface area contributed by atoms with Crippen molar-refractivity contribution in [2.45, 2.75) is 33.6 Å². The highest BCUT2D eigenvalue weighted by molar-refractivity contribution is 7.89. The van der Waals surface area contributed by atoms with E-state index >= 15 is 0 Å². The number of nitrogens with one attached hydrogen (secondary N) is 1. The van der Waals surface area contributed by atoms with Crippen LogP contribution in [0.2, 0.25) is 0 Å². The van der Waals surface area contributed by atoms with Crippen LogP contribution in [0.15, 0.2) is 30.3 Å². The summed E-state index contributed by atoms with van der Waals surface area (Å²) in [5.74, 6) is 0.184. The number of hydrogen-bond donors (Lipinski definition) is 1. The van der Waals surface area contributed by atoms with Crippen molar-refractivity contribution in [3.63, 3.8) is 0 Å². The summed E-state index contributed by atoms with van der Waals surface area (Å²) in [5, 5.41) is 4.45. The van der Waals surface area contributed by atoms with E-state index in [0.717, 1.165) is 22.6 Å². The van der Waals surface area contributed by atoms with Gasteiger partial charge in [0, 0.05) is 12.2 Å². The van der Waals surface area contributed by atoms with Crippen molar-refractivity contribution >= 4 is 10.0 Å². The molecule has 5 nitrogen and oxygen atoms in total. The average Bonchev–Trinajstić information content (AvgIpc) is 2.78. The summed E-state index contributed by atoms with van der Waals surface area (Å²) in [6.07, 6.45) is 1.31. The second-order valence-corrected chi connectivity index (χ2v) is 7.39. The number of nitrogens with zero attached hydrogens (tertiary/aromatic N) is 2. The van der Waals surface area contributed by atoms with Crippen molar-refractivity contribution in [3.8, 4) is 5.69 Å².